The summed E-state index contributed by atoms with van der Waals surface area (Å²) in [6, 6.07) is 11.7. The van der Waals surface area contributed by atoms with Crippen LogP contribution >= 0.6 is 22.9 Å². The summed E-state index contributed by atoms with van der Waals surface area (Å²) in [4.78, 5) is 56.1. The molecule has 0 atom stereocenters. The van der Waals surface area contributed by atoms with Crippen LogP contribution in [0.25, 0.3) is 0 Å². The zero-order chi connectivity index (χ0) is 26.9. The number of hydrogen-bond acceptors (Lipinski definition) is 8. The van der Waals surface area contributed by atoms with E-state index in [-0.39, 0.29) is 22.5 Å². The van der Waals surface area contributed by atoms with Gasteiger partial charge in [-0.1, -0.05) is 40.6 Å². The summed E-state index contributed by atoms with van der Waals surface area (Å²) in [5.41, 5.74) is 3.44. The fraction of sp³-hybridized carbons (Fsp3) is 0.192. The molecule has 1 aliphatic heterocycles. The summed E-state index contributed by atoms with van der Waals surface area (Å²) in [5.74, 6) is -2.10. The van der Waals surface area contributed by atoms with Gasteiger partial charge in [0.2, 0.25) is 0 Å². The molecule has 3 amide bonds. The van der Waals surface area contributed by atoms with Gasteiger partial charge >= 0.3 is 5.97 Å². The lowest BCUT2D eigenvalue weighted by Gasteiger charge is -2.18. The highest BCUT2D eigenvalue weighted by atomic mass is 35.5. The number of imide groups is 1. The molecule has 4 rings (SSSR count). The Morgan fingerprint density at radius 3 is 2.41 bits per heavy atom. The Bertz CT molecular complexity index is 1460. The van der Waals surface area contributed by atoms with E-state index >= 15 is 0 Å². The monoisotopic (exact) mass is 538 g/mol. The van der Waals surface area contributed by atoms with E-state index in [0.29, 0.717) is 27.5 Å². The Morgan fingerprint density at radius 1 is 1.05 bits per heavy atom. The molecular weight excluding hydrogens is 516 g/mol. The molecule has 0 fully saturated rings. The predicted molar refractivity (Wildman–Crippen MR) is 142 cm³/mol. The fourth-order valence-corrected chi connectivity index (χ4v) is 4.81. The van der Waals surface area contributed by atoms with Gasteiger partial charge in [0.05, 0.1) is 18.0 Å². The largest absolute Gasteiger partial charge is 0.462 e. The van der Waals surface area contributed by atoms with Crippen molar-refractivity contribution >= 4 is 63.1 Å². The van der Waals surface area contributed by atoms with E-state index in [4.69, 9.17) is 16.3 Å². The average molecular weight is 539 g/mol. The first-order valence-electron chi connectivity index (χ1n) is 11.3. The summed E-state index contributed by atoms with van der Waals surface area (Å²) in [5, 5.41) is 5.61. The molecule has 2 N–H and O–H groups in total. The van der Waals surface area contributed by atoms with Crippen molar-refractivity contribution in [1.82, 2.24) is 4.98 Å². The molecule has 0 bridgehead atoms. The second kappa shape index (κ2) is 10.5. The lowest BCUT2D eigenvalue weighted by Crippen LogP contribution is -2.32. The summed E-state index contributed by atoms with van der Waals surface area (Å²) in [6.45, 7) is 7.35. The van der Waals surface area contributed by atoms with Crippen LogP contribution in [0.2, 0.25) is 0 Å². The molecule has 0 spiro atoms. The standard InChI is InChI=1S/C26H23ClN4O5S/c1-5-36-25(35)21-15(4)28-26(37-21)30-22(32)16-7-9-17(10-8-16)29-20-19(27)23(33)31(24(20)34)18-11-6-13(2)12-14(18)3/h6-12,29H,5H2,1-4H3,(H,28,30,32). The van der Waals surface area contributed by atoms with Crippen LogP contribution in [0.15, 0.2) is 53.2 Å². The predicted octanol–water partition coefficient (Wildman–Crippen LogP) is 4.93. The van der Waals surface area contributed by atoms with Gasteiger partial charge in [0.15, 0.2) is 5.13 Å². The molecule has 1 aliphatic rings. The van der Waals surface area contributed by atoms with E-state index < -0.39 is 23.7 Å². The highest BCUT2D eigenvalue weighted by Crippen LogP contribution is 2.32. The Morgan fingerprint density at radius 2 is 1.76 bits per heavy atom. The first-order chi connectivity index (χ1) is 17.6. The number of carbonyl (C=O) groups is 4. The maximum atomic E-state index is 13.1. The zero-order valence-corrected chi connectivity index (χ0v) is 22.0. The van der Waals surface area contributed by atoms with E-state index in [1.54, 1.807) is 44.2 Å². The van der Waals surface area contributed by atoms with Gasteiger partial charge in [-0.05, 0) is 63.6 Å². The number of aromatic nitrogens is 1. The number of rotatable bonds is 7. The van der Waals surface area contributed by atoms with Crippen LogP contribution in [0.5, 0.6) is 0 Å². The molecule has 9 nitrogen and oxygen atoms in total. The first kappa shape index (κ1) is 26.1. The lowest BCUT2D eigenvalue weighted by molar-refractivity contribution is -0.120. The summed E-state index contributed by atoms with van der Waals surface area (Å²) < 4.78 is 4.99. The Balaban J connectivity index is 1.46. The molecule has 0 unspecified atom stereocenters. The maximum absolute atomic E-state index is 13.1. The number of anilines is 3. The molecule has 2 heterocycles. The molecule has 0 saturated heterocycles. The third-order valence-electron chi connectivity index (χ3n) is 5.51. The number of esters is 1. The van der Waals surface area contributed by atoms with Crippen molar-refractivity contribution in [2.24, 2.45) is 0 Å². The summed E-state index contributed by atoms with van der Waals surface area (Å²) >= 11 is 7.26. The van der Waals surface area contributed by atoms with Crippen LogP contribution in [0, 0.1) is 20.8 Å². The fourth-order valence-electron chi connectivity index (χ4n) is 3.74. The molecule has 0 aliphatic carbocycles. The molecule has 0 saturated carbocycles. The number of amides is 3. The van der Waals surface area contributed by atoms with E-state index in [0.717, 1.165) is 27.4 Å². The number of aryl methyl sites for hydroxylation is 3. The summed E-state index contributed by atoms with van der Waals surface area (Å²) in [6.07, 6.45) is 0. The van der Waals surface area contributed by atoms with E-state index in [9.17, 15) is 19.2 Å². The normalized spacial score (nSPS) is 13.3. The molecule has 190 valence electrons. The van der Waals surface area contributed by atoms with E-state index in [2.05, 4.69) is 15.6 Å². The molecule has 2 aromatic carbocycles. The Kier molecular flexibility index (Phi) is 7.42. The van der Waals surface area contributed by atoms with Gasteiger partial charge in [0.1, 0.15) is 15.6 Å². The van der Waals surface area contributed by atoms with Crippen LogP contribution in [0.1, 0.15) is 43.8 Å². The lowest BCUT2D eigenvalue weighted by atomic mass is 10.1. The van der Waals surface area contributed by atoms with Gasteiger partial charge in [0.25, 0.3) is 17.7 Å². The van der Waals surface area contributed by atoms with Gasteiger partial charge in [-0.15, -0.1) is 0 Å². The number of ether oxygens (including phenoxy) is 1. The molecule has 11 heteroatoms. The minimum Gasteiger partial charge on any atom is -0.462 e. The number of halogens is 1. The molecule has 1 aromatic heterocycles. The first-order valence-corrected chi connectivity index (χ1v) is 12.5. The number of benzene rings is 2. The van der Waals surface area contributed by atoms with Crippen molar-refractivity contribution in [2.45, 2.75) is 27.7 Å². The van der Waals surface area contributed by atoms with Gasteiger partial charge in [-0.25, -0.2) is 14.7 Å². The van der Waals surface area contributed by atoms with Crippen molar-refractivity contribution in [3.63, 3.8) is 0 Å². The Labute approximate surface area is 222 Å². The van der Waals surface area contributed by atoms with Crippen molar-refractivity contribution in [2.75, 3.05) is 22.1 Å². The highest BCUT2D eigenvalue weighted by Gasteiger charge is 2.39. The molecule has 3 aromatic rings. The smallest absolute Gasteiger partial charge is 0.350 e. The van der Waals surface area contributed by atoms with Crippen LogP contribution in [-0.2, 0) is 14.3 Å². The number of hydrogen-bond donors (Lipinski definition) is 2. The molecular formula is C26H23ClN4O5S. The van der Waals surface area contributed by atoms with Crippen LogP contribution in [0.4, 0.5) is 16.5 Å². The second-order valence-corrected chi connectivity index (χ2v) is 9.61. The third kappa shape index (κ3) is 5.25. The van der Waals surface area contributed by atoms with Crippen LogP contribution in [-0.4, -0.2) is 35.3 Å². The minimum absolute atomic E-state index is 0.0476. The second-order valence-electron chi connectivity index (χ2n) is 8.24. The molecule has 37 heavy (non-hydrogen) atoms. The van der Waals surface area contributed by atoms with Crippen molar-refractivity contribution in [3.05, 3.63) is 80.5 Å². The summed E-state index contributed by atoms with van der Waals surface area (Å²) in [7, 11) is 0. The Hall–Kier alpha value is -4.02. The van der Waals surface area contributed by atoms with Gasteiger partial charge in [0, 0.05) is 11.3 Å². The van der Waals surface area contributed by atoms with Gasteiger partial charge < -0.3 is 10.1 Å². The van der Waals surface area contributed by atoms with E-state index in [1.807, 2.05) is 26.0 Å². The number of thiazole rings is 1. The van der Waals surface area contributed by atoms with Gasteiger partial charge in [-0.2, -0.15) is 0 Å². The maximum Gasteiger partial charge on any atom is 0.350 e. The van der Waals surface area contributed by atoms with Crippen LogP contribution < -0.4 is 15.5 Å². The van der Waals surface area contributed by atoms with Gasteiger partial charge in [-0.3, -0.25) is 19.7 Å². The highest BCUT2D eigenvalue weighted by molar-refractivity contribution is 7.17. The number of nitrogens with zero attached hydrogens (tertiary/aromatic N) is 2. The molecule has 0 radical (unpaired) electrons. The van der Waals surface area contributed by atoms with Crippen molar-refractivity contribution < 1.29 is 23.9 Å². The average Bonchev–Trinajstić information content (AvgIpc) is 3.32. The quantitative estimate of drug-likeness (QED) is 0.323. The third-order valence-corrected chi connectivity index (χ3v) is 6.92. The number of carbonyl (C=O) groups excluding carboxylic acids is 4. The van der Waals surface area contributed by atoms with Crippen molar-refractivity contribution in [3.8, 4) is 0 Å². The van der Waals surface area contributed by atoms with E-state index in [1.165, 1.54) is 0 Å². The topological polar surface area (TPSA) is 118 Å². The SMILES string of the molecule is CCOC(=O)c1sc(NC(=O)c2ccc(NC3=C(Cl)C(=O)N(c4ccc(C)cc4C)C3=O)cc2)nc1C. The minimum atomic E-state index is -0.613. The zero-order valence-electron chi connectivity index (χ0n) is 20.5. The van der Waals surface area contributed by atoms with Crippen LogP contribution in [0.3, 0.4) is 0 Å². The van der Waals surface area contributed by atoms with Crippen molar-refractivity contribution in [1.29, 1.82) is 0 Å². The number of nitrogens with one attached hydrogen (secondary N) is 2.